The number of nitrogens with one attached hydrogen (secondary N) is 1. The predicted octanol–water partition coefficient (Wildman–Crippen LogP) is 3.09. The van der Waals surface area contributed by atoms with Gasteiger partial charge >= 0.3 is 0 Å². The van der Waals surface area contributed by atoms with Crippen LogP contribution in [0.1, 0.15) is 12.8 Å². The lowest BCUT2D eigenvalue weighted by atomic mass is 10.2. The van der Waals surface area contributed by atoms with E-state index < -0.39 is 0 Å². The maximum absolute atomic E-state index is 12.0. The van der Waals surface area contributed by atoms with Crippen LogP contribution < -0.4 is 5.32 Å². The third-order valence-electron chi connectivity index (χ3n) is 4.07. The van der Waals surface area contributed by atoms with Crippen LogP contribution in [0.2, 0.25) is 5.02 Å². The summed E-state index contributed by atoms with van der Waals surface area (Å²) in [7, 11) is 1.88. The van der Waals surface area contributed by atoms with Gasteiger partial charge in [0.25, 0.3) is 0 Å². The molecule has 1 N–H and O–H groups in total. The fraction of sp³-hybridized carbons (Fsp3) is 0.389. The van der Waals surface area contributed by atoms with E-state index in [1.54, 1.807) is 10.8 Å². The van der Waals surface area contributed by atoms with Crippen LogP contribution in [0, 0.1) is 4.77 Å². The fourth-order valence-corrected chi connectivity index (χ4v) is 3.05. The highest BCUT2D eigenvalue weighted by atomic mass is 35.5. The molecule has 8 heteroatoms. The highest BCUT2D eigenvalue weighted by Crippen LogP contribution is 2.21. The van der Waals surface area contributed by atoms with E-state index in [9.17, 15) is 4.79 Å². The van der Waals surface area contributed by atoms with Crippen molar-refractivity contribution >= 4 is 29.7 Å². The average molecular weight is 392 g/mol. The van der Waals surface area contributed by atoms with Crippen LogP contribution in [0.15, 0.2) is 36.9 Å². The van der Waals surface area contributed by atoms with Gasteiger partial charge in [0.1, 0.15) is 0 Å². The zero-order valence-electron chi connectivity index (χ0n) is 14.7. The van der Waals surface area contributed by atoms with E-state index in [2.05, 4.69) is 17.0 Å². The zero-order valence-corrected chi connectivity index (χ0v) is 16.3. The topological polar surface area (TPSA) is 55.1 Å². The number of aromatic nitrogens is 3. The Morgan fingerprint density at radius 1 is 1.46 bits per heavy atom. The molecular weight excluding hydrogens is 370 g/mol. The molecular formula is C18H22ClN5OS. The lowest BCUT2D eigenvalue weighted by Crippen LogP contribution is -2.37. The average Bonchev–Trinajstić information content (AvgIpc) is 3.35. The zero-order chi connectivity index (χ0) is 18.7. The molecule has 6 nitrogen and oxygen atoms in total. The molecule has 0 radical (unpaired) electrons. The van der Waals surface area contributed by atoms with Gasteiger partial charge in [-0.3, -0.25) is 14.3 Å². The van der Waals surface area contributed by atoms with Crippen molar-refractivity contribution < 1.29 is 4.79 Å². The van der Waals surface area contributed by atoms with Gasteiger partial charge in [-0.25, -0.2) is 4.68 Å². The normalized spacial score (nSPS) is 13.8. The van der Waals surface area contributed by atoms with E-state index in [4.69, 9.17) is 23.8 Å². The predicted molar refractivity (Wildman–Crippen MR) is 105 cm³/mol. The summed E-state index contributed by atoms with van der Waals surface area (Å²) in [6.45, 7) is 5.10. The minimum absolute atomic E-state index is 0.0324. The third kappa shape index (κ3) is 4.60. The molecule has 1 saturated carbocycles. The van der Waals surface area contributed by atoms with E-state index in [1.165, 1.54) is 0 Å². The second-order valence-electron chi connectivity index (χ2n) is 6.51. The molecule has 0 atom stereocenters. The van der Waals surface area contributed by atoms with Crippen molar-refractivity contribution in [3.05, 3.63) is 46.7 Å². The Morgan fingerprint density at radius 2 is 2.15 bits per heavy atom. The van der Waals surface area contributed by atoms with Crippen molar-refractivity contribution in [2.75, 3.05) is 13.6 Å². The van der Waals surface area contributed by atoms with Crippen molar-refractivity contribution in [3.8, 4) is 11.4 Å². The van der Waals surface area contributed by atoms with Crippen LogP contribution in [0.3, 0.4) is 0 Å². The quantitative estimate of drug-likeness (QED) is 0.555. The Kier molecular flexibility index (Phi) is 5.90. The molecule has 1 aliphatic rings. The molecule has 138 valence electrons. The van der Waals surface area contributed by atoms with Gasteiger partial charge < -0.3 is 5.32 Å². The maximum Gasteiger partial charge on any atom is 0.234 e. The maximum atomic E-state index is 12.0. The van der Waals surface area contributed by atoms with E-state index >= 15 is 0 Å². The largest absolute Gasteiger partial charge is 0.352 e. The van der Waals surface area contributed by atoms with Gasteiger partial charge in [0.15, 0.2) is 10.6 Å². The number of allylic oxidation sites excluding steroid dienone is 1. The number of rotatable bonds is 8. The van der Waals surface area contributed by atoms with E-state index in [0.29, 0.717) is 35.6 Å². The summed E-state index contributed by atoms with van der Waals surface area (Å²) in [6, 6.07) is 7.84. The molecule has 1 amide bonds. The molecule has 0 saturated heterocycles. The Labute approximate surface area is 163 Å². The molecule has 0 bridgehead atoms. The summed E-state index contributed by atoms with van der Waals surface area (Å²) in [5.41, 5.74) is 0.926. The number of amides is 1. The van der Waals surface area contributed by atoms with Crippen LogP contribution in [0.4, 0.5) is 0 Å². The summed E-state index contributed by atoms with van der Waals surface area (Å²) in [5, 5.41) is 8.32. The second kappa shape index (κ2) is 8.16. The first-order valence-corrected chi connectivity index (χ1v) is 9.29. The SMILES string of the molecule is C=CCn1c(-c2ccc(Cl)cc2)nn(CN(C)CC(=O)NC2CC2)c1=S. The first kappa shape index (κ1) is 18.8. The lowest BCUT2D eigenvalue weighted by molar-refractivity contribution is -0.122. The number of benzene rings is 1. The van der Waals surface area contributed by atoms with Gasteiger partial charge in [-0.05, 0) is 56.4 Å². The molecule has 1 fully saturated rings. The molecule has 0 unspecified atom stereocenters. The van der Waals surface area contributed by atoms with Crippen LogP contribution in [-0.4, -0.2) is 44.8 Å². The molecule has 2 aromatic rings. The number of likely N-dealkylation sites (N-methyl/N-ethyl adjacent to an activating group) is 1. The highest BCUT2D eigenvalue weighted by Gasteiger charge is 2.23. The third-order valence-corrected chi connectivity index (χ3v) is 4.75. The summed E-state index contributed by atoms with van der Waals surface area (Å²) in [4.78, 5) is 13.9. The van der Waals surface area contributed by atoms with Crippen molar-refractivity contribution in [1.29, 1.82) is 0 Å². The van der Waals surface area contributed by atoms with E-state index in [0.717, 1.165) is 24.2 Å². The molecule has 1 heterocycles. The smallest absolute Gasteiger partial charge is 0.234 e. The summed E-state index contributed by atoms with van der Waals surface area (Å²) >= 11 is 11.6. The summed E-state index contributed by atoms with van der Waals surface area (Å²) < 4.78 is 4.24. The van der Waals surface area contributed by atoms with E-state index in [1.807, 2.05) is 40.8 Å². The minimum Gasteiger partial charge on any atom is -0.352 e. The Hall–Kier alpha value is -1.96. The van der Waals surface area contributed by atoms with Crippen LogP contribution in [-0.2, 0) is 18.0 Å². The van der Waals surface area contributed by atoms with Crippen molar-refractivity contribution in [1.82, 2.24) is 24.6 Å². The first-order valence-electron chi connectivity index (χ1n) is 8.50. The second-order valence-corrected chi connectivity index (χ2v) is 7.31. The number of nitrogens with zero attached hydrogens (tertiary/aromatic N) is 4. The molecule has 1 aromatic carbocycles. The molecule has 0 aliphatic heterocycles. The van der Waals surface area contributed by atoms with Gasteiger partial charge in [-0.2, -0.15) is 5.10 Å². The molecule has 26 heavy (non-hydrogen) atoms. The monoisotopic (exact) mass is 391 g/mol. The Bertz CT molecular complexity index is 853. The van der Waals surface area contributed by atoms with Crippen molar-refractivity contribution in [2.24, 2.45) is 0 Å². The molecule has 3 rings (SSSR count). The highest BCUT2D eigenvalue weighted by molar-refractivity contribution is 7.71. The Morgan fingerprint density at radius 3 is 2.77 bits per heavy atom. The molecule has 1 aliphatic carbocycles. The van der Waals surface area contributed by atoms with E-state index in [-0.39, 0.29) is 5.91 Å². The number of hydrogen-bond donors (Lipinski definition) is 1. The molecule has 0 spiro atoms. The number of halogens is 1. The van der Waals surface area contributed by atoms with Crippen LogP contribution in [0.5, 0.6) is 0 Å². The first-order chi connectivity index (χ1) is 12.5. The number of hydrogen-bond acceptors (Lipinski definition) is 4. The fourth-order valence-electron chi connectivity index (χ4n) is 2.66. The standard InChI is InChI=1S/C18H22ClN5OS/c1-3-10-23-17(13-4-6-14(19)7-5-13)21-24(18(23)26)12-22(2)11-16(25)20-15-8-9-15/h3-7,15H,1,8-12H2,2H3,(H,20,25). The van der Waals surface area contributed by atoms with Gasteiger partial charge in [-0.15, -0.1) is 6.58 Å². The van der Waals surface area contributed by atoms with Gasteiger partial charge in [-0.1, -0.05) is 17.7 Å². The summed E-state index contributed by atoms with van der Waals surface area (Å²) in [5.74, 6) is 0.785. The van der Waals surface area contributed by atoms with Crippen molar-refractivity contribution in [2.45, 2.75) is 32.1 Å². The van der Waals surface area contributed by atoms with Crippen LogP contribution >= 0.6 is 23.8 Å². The summed E-state index contributed by atoms with van der Waals surface area (Å²) in [6.07, 6.45) is 3.95. The molecule has 1 aromatic heterocycles. The van der Waals surface area contributed by atoms with Crippen molar-refractivity contribution in [3.63, 3.8) is 0 Å². The van der Waals surface area contributed by atoms with Gasteiger partial charge in [0, 0.05) is 23.2 Å². The number of carbonyl (C=O) groups excluding carboxylic acids is 1. The van der Waals surface area contributed by atoms with Gasteiger partial charge in [0.2, 0.25) is 5.91 Å². The number of carbonyl (C=O) groups is 1. The Balaban J connectivity index is 1.79. The van der Waals surface area contributed by atoms with Crippen LogP contribution in [0.25, 0.3) is 11.4 Å². The minimum atomic E-state index is 0.0324. The lowest BCUT2D eigenvalue weighted by Gasteiger charge is -2.15. The van der Waals surface area contributed by atoms with Gasteiger partial charge in [0.05, 0.1) is 13.2 Å².